The minimum atomic E-state index is -0.609. The van der Waals surface area contributed by atoms with Gasteiger partial charge in [-0.25, -0.2) is 4.79 Å². The molecule has 0 saturated heterocycles. The Kier molecular flexibility index (Phi) is 5.55. The molecule has 1 aliphatic rings. The molecule has 2 aromatic carbocycles. The molecule has 1 aliphatic heterocycles. The Hall–Kier alpha value is -3.56. The number of aryl methyl sites for hydroxylation is 1. The van der Waals surface area contributed by atoms with Crippen LogP contribution in [0.15, 0.2) is 54.2 Å². The van der Waals surface area contributed by atoms with Gasteiger partial charge in [-0.05, 0) is 30.3 Å². The summed E-state index contributed by atoms with van der Waals surface area (Å²) in [5.74, 6) is -0.282. The van der Waals surface area contributed by atoms with E-state index in [-0.39, 0.29) is 19.0 Å². The number of ketones is 1. The normalized spacial score (nSPS) is 12.5. The molecule has 0 atom stereocenters. The maximum atomic E-state index is 12.8. The number of aromatic nitrogens is 1. The maximum Gasteiger partial charge on any atom is 0.337 e. The first kappa shape index (κ1) is 19.7. The van der Waals surface area contributed by atoms with Crippen LogP contribution in [0.25, 0.3) is 17.0 Å². The molecule has 2 heterocycles. The van der Waals surface area contributed by atoms with Crippen LogP contribution in [0.5, 0.6) is 5.75 Å². The Morgan fingerprint density at radius 3 is 2.90 bits per heavy atom. The number of halogens is 1. The maximum absolute atomic E-state index is 12.8. The van der Waals surface area contributed by atoms with Crippen molar-refractivity contribution in [3.8, 4) is 11.8 Å². The molecule has 0 fully saturated rings. The molecular weight excluding hydrogens is 404 g/mol. The number of ether oxygens (including phenoxy) is 2. The predicted octanol–water partition coefficient (Wildman–Crippen LogP) is 4.41. The summed E-state index contributed by atoms with van der Waals surface area (Å²) in [7, 11) is 0. The quantitative estimate of drug-likeness (QED) is 0.435. The van der Waals surface area contributed by atoms with Crippen molar-refractivity contribution in [1.29, 1.82) is 5.26 Å². The lowest BCUT2D eigenvalue weighted by Gasteiger charge is -2.17. The Bertz CT molecular complexity index is 1220. The molecule has 0 N–H and O–H groups in total. The van der Waals surface area contributed by atoms with Crippen molar-refractivity contribution in [3.05, 3.63) is 70.4 Å². The minimum Gasteiger partial charge on any atom is -0.488 e. The van der Waals surface area contributed by atoms with Crippen molar-refractivity contribution in [3.63, 3.8) is 0 Å². The zero-order chi connectivity index (χ0) is 21.1. The van der Waals surface area contributed by atoms with Crippen LogP contribution >= 0.6 is 11.6 Å². The first-order valence-corrected chi connectivity index (χ1v) is 9.72. The second-order valence-electron chi connectivity index (χ2n) is 6.80. The van der Waals surface area contributed by atoms with Gasteiger partial charge in [0.25, 0.3) is 0 Å². The molecule has 0 bridgehead atoms. The summed E-state index contributed by atoms with van der Waals surface area (Å²) in [4.78, 5) is 25.2. The topological polar surface area (TPSA) is 81.3 Å². The summed E-state index contributed by atoms with van der Waals surface area (Å²) in [6.45, 7) is 0.163. The van der Waals surface area contributed by atoms with Crippen LogP contribution in [-0.4, -0.2) is 29.5 Å². The zero-order valence-corrected chi connectivity index (χ0v) is 16.7. The number of hydrogen-bond donors (Lipinski definition) is 0. The van der Waals surface area contributed by atoms with E-state index in [4.69, 9.17) is 26.3 Å². The third-order valence-electron chi connectivity index (χ3n) is 4.83. The van der Waals surface area contributed by atoms with Crippen LogP contribution in [0.3, 0.4) is 0 Å². The average Bonchev–Trinajstić information content (AvgIpc) is 3.14. The predicted molar refractivity (Wildman–Crippen MR) is 112 cm³/mol. The van der Waals surface area contributed by atoms with Gasteiger partial charge in [0.2, 0.25) is 5.78 Å². The SMILES string of the molecule is N#CCCn1cc(C(=O)COC(=O)C2=Cc3cc(Cl)ccc3OC2)c2ccccc21. The monoisotopic (exact) mass is 420 g/mol. The van der Waals surface area contributed by atoms with E-state index in [9.17, 15) is 9.59 Å². The van der Waals surface area contributed by atoms with Crippen molar-refractivity contribution >= 4 is 40.3 Å². The van der Waals surface area contributed by atoms with E-state index in [1.54, 1.807) is 30.5 Å². The van der Waals surface area contributed by atoms with Gasteiger partial charge in [-0.2, -0.15) is 5.26 Å². The van der Waals surface area contributed by atoms with Crippen LogP contribution in [0.2, 0.25) is 5.02 Å². The number of nitrogens with zero attached hydrogens (tertiary/aromatic N) is 2. The van der Waals surface area contributed by atoms with Crippen molar-refractivity contribution in [2.75, 3.05) is 13.2 Å². The van der Waals surface area contributed by atoms with Crippen LogP contribution in [0.4, 0.5) is 0 Å². The largest absolute Gasteiger partial charge is 0.488 e. The number of rotatable bonds is 6. The van der Waals surface area contributed by atoms with Gasteiger partial charge >= 0.3 is 5.97 Å². The third-order valence-corrected chi connectivity index (χ3v) is 5.07. The van der Waals surface area contributed by atoms with Gasteiger partial charge in [-0.1, -0.05) is 29.8 Å². The van der Waals surface area contributed by atoms with E-state index >= 15 is 0 Å². The summed E-state index contributed by atoms with van der Waals surface area (Å²) in [6.07, 6.45) is 3.70. The molecule has 0 spiro atoms. The van der Waals surface area contributed by atoms with Crippen molar-refractivity contribution in [2.45, 2.75) is 13.0 Å². The number of para-hydroxylation sites is 1. The summed E-state index contributed by atoms with van der Waals surface area (Å²) >= 11 is 5.99. The fraction of sp³-hybridized carbons (Fsp3) is 0.174. The van der Waals surface area contributed by atoms with Gasteiger partial charge in [0.15, 0.2) is 6.61 Å². The molecule has 7 heteroatoms. The highest BCUT2D eigenvalue weighted by molar-refractivity contribution is 6.30. The van der Waals surface area contributed by atoms with Crippen molar-refractivity contribution in [1.82, 2.24) is 4.57 Å². The Balaban J connectivity index is 1.49. The highest BCUT2D eigenvalue weighted by Gasteiger charge is 2.21. The lowest BCUT2D eigenvalue weighted by molar-refractivity contribution is -0.138. The highest BCUT2D eigenvalue weighted by Crippen LogP contribution is 2.29. The van der Waals surface area contributed by atoms with Gasteiger partial charge < -0.3 is 14.0 Å². The number of carbonyl (C=O) groups is 2. The Morgan fingerprint density at radius 1 is 1.23 bits per heavy atom. The molecule has 6 nitrogen and oxygen atoms in total. The highest BCUT2D eigenvalue weighted by atomic mass is 35.5. The molecule has 30 heavy (non-hydrogen) atoms. The molecule has 0 radical (unpaired) electrons. The minimum absolute atomic E-state index is 0.0646. The van der Waals surface area contributed by atoms with Crippen LogP contribution in [0, 0.1) is 11.3 Å². The van der Waals surface area contributed by atoms with Crippen molar-refractivity contribution in [2.24, 2.45) is 0 Å². The fourth-order valence-corrected chi connectivity index (χ4v) is 3.57. The summed E-state index contributed by atoms with van der Waals surface area (Å²) in [6, 6.07) is 14.7. The summed E-state index contributed by atoms with van der Waals surface area (Å²) in [5.41, 5.74) is 2.32. The second kappa shape index (κ2) is 8.44. The van der Waals surface area contributed by atoms with Gasteiger partial charge in [0.1, 0.15) is 12.4 Å². The lowest BCUT2D eigenvalue weighted by Crippen LogP contribution is -2.20. The molecule has 0 saturated carbocycles. The second-order valence-corrected chi connectivity index (χ2v) is 7.24. The molecule has 3 aromatic rings. The molecule has 0 unspecified atom stereocenters. The molecular formula is C23H17ClN2O4. The molecule has 1 aromatic heterocycles. The number of benzene rings is 2. The average molecular weight is 421 g/mol. The molecule has 4 rings (SSSR count). The molecule has 0 aliphatic carbocycles. The summed E-state index contributed by atoms with van der Waals surface area (Å²) < 4.78 is 12.7. The summed E-state index contributed by atoms with van der Waals surface area (Å²) in [5, 5.41) is 10.1. The van der Waals surface area contributed by atoms with E-state index < -0.39 is 5.97 Å². The number of nitriles is 1. The van der Waals surface area contributed by atoms with E-state index in [0.717, 1.165) is 10.9 Å². The van der Waals surface area contributed by atoms with Gasteiger partial charge in [0.05, 0.1) is 18.1 Å². The number of fused-ring (bicyclic) bond motifs is 2. The Labute approximate surface area is 177 Å². The fourth-order valence-electron chi connectivity index (χ4n) is 3.39. The van der Waals surface area contributed by atoms with Gasteiger partial charge in [0, 0.05) is 39.8 Å². The van der Waals surface area contributed by atoms with Gasteiger partial charge in [-0.15, -0.1) is 0 Å². The van der Waals surface area contributed by atoms with E-state index in [1.807, 2.05) is 28.8 Å². The first-order chi connectivity index (χ1) is 14.6. The van der Waals surface area contributed by atoms with E-state index in [1.165, 1.54) is 0 Å². The standard InChI is InChI=1S/C23H17ClN2O4/c24-17-6-7-22-15(11-17)10-16(13-29-22)23(28)30-14-21(27)19-12-26(9-3-8-25)20-5-2-1-4-18(19)20/h1-2,4-7,10-12H,3,9,13-14H2. The Morgan fingerprint density at radius 2 is 2.07 bits per heavy atom. The number of hydrogen-bond acceptors (Lipinski definition) is 5. The molecule has 150 valence electrons. The van der Waals surface area contributed by atoms with Crippen molar-refractivity contribution < 1.29 is 19.1 Å². The number of Topliss-reactive ketones (excluding diaryl/α,β-unsaturated/α-hetero) is 1. The van der Waals surface area contributed by atoms with Crippen LogP contribution in [-0.2, 0) is 16.1 Å². The number of carbonyl (C=O) groups excluding carboxylic acids is 2. The first-order valence-electron chi connectivity index (χ1n) is 9.35. The van der Waals surface area contributed by atoms with E-state index in [2.05, 4.69) is 6.07 Å². The van der Waals surface area contributed by atoms with Gasteiger partial charge in [-0.3, -0.25) is 4.79 Å². The molecule has 0 amide bonds. The lowest BCUT2D eigenvalue weighted by atomic mass is 10.1. The van der Waals surface area contributed by atoms with Crippen LogP contribution < -0.4 is 4.74 Å². The van der Waals surface area contributed by atoms with Crippen LogP contribution in [0.1, 0.15) is 22.3 Å². The third kappa shape index (κ3) is 3.93. The van der Waals surface area contributed by atoms with E-state index in [0.29, 0.717) is 40.4 Å². The smallest absolute Gasteiger partial charge is 0.337 e. The number of esters is 1. The zero-order valence-electron chi connectivity index (χ0n) is 15.9.